The second-order valence-electron chi connectivity index (χ2n) is 5.93. The lowest BCUT2D eigenvalue weighted by Crippen LogP contribution is -2.19. The van der Waals surface area contributed by atoms with Crippen LogP contribution in [-0.2, 0) is 17.7 Å². The highest BCUT2D eigenvalue weighted by Crippen LogP contribution is 2.38. The SMILES string of the molecule is CCCNCc1sc(C(OC)C(C)(C)C)nc1CC. The quantitative estimate of drug-likeness (QED) is 0.770. The molecule has 0 aliphatic rings. The van der Waals surface area contributed by atoms with Gasteiger partial charge in [-0.05, 0) is 24.8 Å². The first-order valence-electron chi connectivity index (χ1n) is 7.16. The zero-order valence-electron chi connectivity index (χ0n) is 13.2. The third-order valence-electron chi connectivity index (χ3n) is 3.09. The highest BCUT2D eigenvalue weighted by Gasteiger charge is 2.29. The molecule has 1 aromatic rings. The predicted molar refractivity (Wildman–Crippen MR) is 82.7 cm³/mol. The number of aromatic nitrogens is 1. The summed E-state index contributed by atoms with van der Waals surface area (Å²) in [7, 11) is 1.78. The molecule has 0 aromatic carbocycles. The van der Waals surface area contributed by atoms with Gasteiger partial charge in [0.15, 0.2) is 0 Å². The Morgan fingerprint density at radius 1 is 1.32 bits per heavy atom. The van der Waals surface area contributed by atoms with E-state index in [0.717, 1.165) is 30.9 Å². The first-order chi connectivity index (χ1) is 8.93. The molecule has 0 amide bonds. The van der Waals surface area contributed by atoms with E-state index in [1.54, 1.807) is 18.4 Å². The van der Waals surface area contributed by atoms with Gasteiger partial charge in [-0.1, -0.05) is 34.6 Å². The van der Waals surface area contributed by atoms with E-state index >= 15 is 0 Å². The number of thiazole rings is 1. The molecule has 110 valence electrons. The van der Waals surface area contributed by atoms with E-state index in [9.17, 15) is 0 Å². The maximum atomic E-state index is 5.67. The number of ether oxygens (including phenoxy) is 1. The van der Waals surface area contributed by atoms with Gasteiger partial charge in [-0.15, -0.1) is 11.3 Å². The fourth-order valence-electron chi connectivity index (χ4n) is 2.13. The van der Waals surface area contributed by atoms with Crippen molar-refractivity contribution < 1.29 is 4.74 Å². The van der Waals surface area contributed by atoms with Crippen LogP contribution < -0.4 is 5.32 Å². The number of hydrogen-bond acceptors (Lipinski definition) is 4. The Labute approximate surface area is 121 Å². The molecule has 1 unspecified atom stereocenters. The van der Waals surface area contributed by atoms with E-state index in [0.29, 0.717) is 0 Å². The summed E-state index contributed by atoms with van der Waals surface area (Å²) in [5.74, 6) is 0. The molecule has 0 bridgehead atoms. The van der Waals surface area contributed by atoms with Gasteiger partial charge in [0, 0.05) is 18.5 Å². The summed E-state index contributed by atoms with van der Waals surface area (Å²) >= 11 is 1.80. The van der Waals surface area contributed by atoms with Crippen molar-refractivity contribution in [3.05, 3.63) is 15.6 Å². The van der Waals surface area contributed by atoms with Crippen LogP contribution in [0.3, 0.4) is 0 Å². The van der Waals surface area contributed by atoms with E-state index in [4.69, 9.17) is 9.72 Å². The summed E-state index contributed by atoms with van der Waals surface area (Å²) in [6.45, 7) is 12.9. The number of aryl methyl sites for hydroxylation is 1. The number of nitrogens with zero attached hydrogens (tertiary/aromatic N) is 1. The average molecular weight is 284 g/mol. The number of methoxy groups -OCH3 is 1. The van der Waals surface area contributed by atoms with Gasteiger partial charge in [-0.3, -0.25) is 0 Å². The molecule has 0 aliphatic carbocycles. The molecule has 0 spiro atoms. The summed E-state index contributed by atoms with van der Waals surface area (Å²) in [4.78, 5) is 6.16. The van der Waals surface area contributed by atoms with E-state index in [-0.39, 0.29) is 11.5 Å². The van der Waals surface area contributed by atoms with Crippen LogP contribution in [0.4, 0.5) is 0 Å². The Hall–Kier alpha value is -0.450. The van der Waals surface area contributed by atoms with Crippen LogP contribution in [0.15, 0.2) is 0 Å². The van der Waals surface area contributed by atoms with Crippen molar-refractivity contribution in [1.82, 2.24) is 10.3 Å². The molecule has 0 saturated carbocycles. The van der Waals surface area contributed by atoms with Crippen molar-refractivity contribution in [2.45, 2.75) is 60.1 Å². The first kappa shape index (κ1) is 16.6. The average Bonchev–Trinajstić information content (AvgIpc) is 2.71. The Kier molecular flexibility index (Phi) is 6.43. The molecule has 1 aromatic heterocycles. The minimum Gasteiger partial charge on any atom is -0.374 e. The van der Waals surface area contributed by atoms with Crippen molar-refractivity contribution in [2.75, 3.05) is 13.7 Å². The summed E-state index contributed by atoms with van der Waals surface area (Å²) in [5, 5.41) is 4.58. The molecule has 1 heterocycles. The van der Waals surface area contributed by atoms with Crippen molar-refractivity contribution in [1.29, 1.82) is 0 Å². The largest absolute Gasteiger partial charge is 0.374 e. The molecule has 0 radical (unpaired) electrons. The zero-order valence-corrected chi connectivity index (χ0v) is 14.0. The maximum absolute atomic E-state index is 5.67. The van der Waals surface area contributed by atoms with E-state index < -0.39 is 0 Å². The minimum atomic E-state index is 0.0720. The van der Waals surface area contributed by atoms with Gasteiger partial charge < -0.3 is 10.1 Å². The summed E-state index contributed by atoms with van der Waals surface area (Å²) < 4.78 is 5.67. The number of nitrogens with one attached hydrogen (secondary N) is 1. The van der Waals surface area contributed by atoms with E-state index in [1.807, 2.05) is 0 Å². The van der Waals surface area contributed by atoms with Gasteiger partial charge in [0.1, 0.15) is 11.1 Å². The van der Waals surface area contributed by atoms with Crippen LogP contribution in [0.25, 0.3) is 0 Å². The molecular weight excluding hydrogens is 256 g/mol. The van der Waals surface area contributed by atoms with Gasteiger partial charge in [-0.25, -0.2) is 4.98 Å². The Morgan fingerprint density at radius 2 is 2.00 bits per heavy atom. The first-order valence-corrected chi connectivity index (χ1v) is 7.97. The third kappa shape index (κ3) is 4.55. The lowest BCUT2D eigenvalue weighted by atomic mass is 9.89. The zero-order chi connectivity index (χ0) is 14.5. The number of rotatable bonds is 7. The Bertz CT molecular complexity index is 382. The van der Waals surface area contributed by atoms with Gasteiger partial charge in [-0.2, -0.15) is 0 Å². The molecule has 1 N–H and O–H groups in total. The summed E-state index contributed by atoms with van der Waals surface area (Å²) in [5.41, 5.74) is 1.29. The molecule has 0 saturated heterocycles. The standard InChI is InChI=1S/C15H28N2OS/c1-7-9-16-10-12-11(8-2)17-14(19-12)13(18-6)15(3,4)5/h13,16H,7-10H2,1-6H3. The highest BCUT2D eigenvalue weighted by molar-refractivity contribution is 7.11. The van der Waals surface area contributed by atoms with Crippen LogP contribution in [0, 0.1) is 5.41 Å². The smallest absolute Gasteiger partial charge is 0.123 e. The predicted octanol–water partition coefficient (Wildman–Crippen LogP) is 3.94. The van der Waals surface area contributed by atoms with Crippen LogP contribution in [0.5, 0.6) is 0 Å². The molecule has 3 nitrogen and oxygen atoms in total. The van der Waals surface area contributed by atoms with Crippen molar-refractivity contribution in [3.63, 3.8) is 0 Å². The van der Waals surface area contributed by atoms with Crippen molar-refractivity contribution >= 4 is 11.3 Å². The monoisotopic (exact) mass is 284 g/mol. The van der Waals surface area contributed by atoms with Crippen molar-refractivity contribution in [2.24, 2.45) is 5.41 Å². The second kappa shape index (κ2) is 7.36. The molecule has 4 heteroatoms. The molecular formula is C15H28N2OS. The topological polar surface area (TPSA) is 34.1 Å². The highest BCUT2D eigenvalue weighted by atomic mass is 32.1. The second-order valence-corrected chi connectivity index (χ2v) is 7.05. The van der Waals surface area contributed by atoms with E-state index in [2.05, 4.69) is 39.9 Å². The van der Waals surface area contributed by atoms with Crippen LogP contribution in [0.1, 0.15) is 62.7 Å². The van der Waals surface area contributed by atoms with Gasteiger partial charge in [0.25, 0.3) is 0 Å². The molecule has 1 atom stereocenters. The fraction of sp³-hybridized carbons (Fsp3) is 0.800. The van der Waals surface area contributed by atoms with Crippen LogP contribution in [0.2, 0.25) is 0 Å². The minimum absolute atomic E-state index is 0.0720. The fourth-order valence-corrected chi connectivity index (χ4v) is 3.58. The lowest BCUT2D eigenvalue weighted by Gasteiger charge is -2.27. The molecule has 0 fully saturated rings. The lowest BCUT2D eigenvalue weighted by molar-refractivity contribution is 0.0150. The van der Waals surface area contributed by atoms with Gasteiger partial charge in [0.2, 0.25) is 0 Å². The molecule has 0 aliphatic heterocycles. The van der Waals surface area contributed by atoms with Crippen LogP contribution in [-0.4, -0.2) is 18.6 Å². The van der Waals surface area contributed by atoms with E-state index in [1.165, 1.54) is 10.6 Å². The number of hydrogen-bond donors (Lipinski definition) is 1. The summed E-state index contributed by atoms with van der Waals surface area (Å²) in [6.07, 6.45) is 2.22. The Balaban J connectivity index is 2.91. The summed E-state index contributed by atoms with van der Waals surface area (Å²) in [6, 6.07) is 0. The van der Waals surface area contributed by atoms with Crippen molar-refractivity contribution in [3.8, 4) is 0 Å². The third-order valence-corrected chi connectivity index (χ3v) is 4.23. The van der Waals surface area contributed by atoms with Gasteiger partial charge in [0.05, 0.1) is 5.69 Å². The van der Waals surface area contributed by atoms with Crippen LogP contribution >= 0.6 is 11.3 Å². The van der Waals surface area contributed by atoms with Gasteiger partial charge >= 0.3 is 0 Å². The maximum Gasteiger partial charge on any atom is 0.123 e. The Morgan fingerprint density at radius 3 is 2.47 bits per heavy atom. The molecule has 1 rings (SSSR count). The molecule has 19 heavy (non-hydrogen) atoms. The normalized spacial score (nSPS) is 13.8.